The fourth-order valence-corrected chi connectivity index (χ4v) is 3.58. The van der Waals surface area contributed by atoms with Gasteiger partial charge < -0.3 is 15.5 Å². The van der Waals surface area contributed by atoms with Gasteiger partial charge in [-0.1, -0.05) is 20.3 Å². The molecule has 0 radical (unpaired) electrons. The maximum atomic E-state index is 11.8. The van der Waals surface area contributed by atoms with Gasteiger partial charge in [-0.2, -0.15) is 0 Å². The second-order valence-corrected chi connectivity index (χ2v) is 6.99. The first-order valence-corrected chi connectivity index (χ1v) is 8.28. The number of fused-ring (bicyclic) bond motifs is 2. The lowest BCUT2D eigenvalue weighted by atomic mass is 9.82. The minimum Gasteiger partial charge on any atom is -0.355 e. The predicted molar refractivity (Wildman–Crippen MR) is 82.7 cm³/mol. The molecule has 2 saturated heterocycles. The fraction of sp³-hybridized carbons (Fsp3) is 0.938. The molecule has 4 heteroatoms. The van der Waals surface area contributed by atoms with E-state index in [1.807, 2.05) is 0 Å². The van der Waals surface area contributed by atoms with Crippen LogP contribution in [0.5, 0.6) is 0 Å². The van der Waals surface area contributed by atoms with Crippen LogP contribution in [0.1, 0.15) is 52.4 Å². The van der Waals surface area contributed by atoms with Gasteiger partial charge in [0.1, 0.15) is 0 Å². The van der Waals surface area contributed by atoms with Crippen LogP contribution < -0.4 is 10.6 Å². The van der Waals surface area contributed by atoms with Crippen molar-refractivity contribution in [3.8, 4) is 0 Å². The van der Waals surface area contributed by atoms with E-state index in [1.165, 1.54) is 32.1 Å². The summed E-state index contributed by atoms with van der Waals surface area (Å²) in [5, 5.41) is 6.47. The Morgan fingerprint density at radius 2 is 1.90 bits per heavy atom. The monoisotopic (exact) mass is 281 g/mol. The van der Waals surface area contributed by atoms with Gasteiger partial charge in [0.2, 0.25) is 5.91 Å². The van der Waals surface area contributed by atoms with Gasteiger partial charge in [0.25, 0.3) is 0 Å². The molecule has 1 amide bonds. The van der Waals surface area contributed by atoms with Gasteiger partial charge in [0.05, 0.1) is 6.54 Å². The third-order valence-electron chi connectivity index (χ3n) is 4.93. The van der Waals surface area contributed by atoms with Gasteiger partial charge in [-0.25, -0.2) is 0 Å². The van der Waals surface area contributed by atoms with Crippen molar-refractivity contribution in [3.63, 3.8) is 0 Å². The van der Waals surface area contributed by atoms with Crippen molar-refractivity contribution in [2.45, 2.75) is 70.5 Å². The number of carbonyl (C=O) groups excluding carboxylic acids is 1. The van der Waals surface area contributed by atoms with Crippen LogP contribution >= 0.6 is 0 Å². The number of piperidine rings is 2. The minimum absolute atomic E-state index is 0.148. The average molecular weight is 281 g/mol. The molecule has 20 heavy (non-hydrogen) atoms. The highest BCUT2D eigenvalue weighted by atomic mass is 16.1. The van der Waals surface area contributed by atoms with Crippen molar-refractivity contribution in [2.75, 3.05) is 20.1 Å². The first-order valence-electron chi connectivity index (χ1n) is 8.28. The number of hydrogen-bond donors (Lipinski definition) is 2. The SMILES string of the molecule is CC(C)CCNC(=O)CNC1CC2CCCC(C1)N2C. The molecule has 2 unspecified atom stereocenters. The van der Waals surface area contributed by atoms with E-state index < -0.39 is 0 Å². The Bertz CT molecular complexity index is 305. The zero-order valence-corrected chi connectivity index (χ0v) is 13.3. The second kappa shape index (κ2) is 7.41. The highest BCUT2D eigenvalue weighted by Crippen LogP contribution is 2.32. The van der Waals surface area contributed by atoms with E-state index in [9.17, 15) is 4.79 Å². The number of hydrogen-bond acceptors (Lipinski definition) is 3. The Balaban J connectivity index is 1.66. The summed E-state index contributed by atoms with van der Waals surface area (Å²) < 4.78 is 0. The first kappa shape index (κ1) is 15.8. The van der Waals surface area contributed by atoms with Crippen LogP contribution in [-0.4, -0.2) is 49.1 Å². The molecule has 0 aromatic heterocycles. The summed E-state index contributed by atoms with van der Waals surface area (Å²) in [5.41, 5.74) is 0. The highest BCUT2D eigenvalue weighted by molar-refractivity contribution is 5.77. The zero-order chi connectivity index (χ0) is 14.5. The lowest BCUT2D eigenvalue weighted by Gasteiger charge is -2.47. The molecule has 2 bridgehead atoms. The molecule has 2 aliphatic rings. The first-order chi connectivity index (χ1) is 9.56. The van der Waals surface area contributed by atoms with Gasteiger partial charge in [-0.3, -0.25) is 4.79 Å². The van der Waals surface area contributed by atoms with Gasteiger partial charge in [0.15, 0.2) is 0 Å². The number of nitrogens with one attached hydrogen (secondary N) is 2. The van der Waals surface area contributed by atoms with E-state index in [2.05, 4.69) is 36.4 Å². The topological polar surface area (TPSA) is 44.4 Å². The Labute approximate surface area is 123 Å². The van der Waals surface area contributed by atoms with Gasteiger partial charge in [-0.05, 0) is 45.1 Å². The molecule has 2 atom stereocenters. The molecular formula is C16H31N3O. The molecule has 2 heterocycles. The summed E-state index contributed by atoms with van der Waals surface area (Å²) in [6, 6.07) is 1.98. The van der Waals surface area contributed by atoms with Crippen molar-refractivity contribution < 1.29 is 4.79 Å². The molecule has 2 aliphatic heterocycles. The highest BCUT2D eigenvalue weighted by Gasteiger charge is 2.35. The number of rotatable bonds is 6. The zero-order valence-electron chi connectivity index (χ0n) is 13.3. The Kier molecular flexibility index (Phi) is 5.85. The van der Waals surface area contributed by atoms with Crippen molar-refractivity contribution in [2.24, 2.45) is 5.92 Å². The normalized spacial score (nSPS) is 30.5. The molecule has 2 rings (SSSR count). The summed E-state index contributed by atoms with van der Waals surface area (Å²) in [5.74, 6) is 0.797. The number of amides is 1. The van der Waals surface area contributed by atoms with Crippen LogP contribution in [0.15, 0.2) is 0 Å². The summed E-state index contributed by atoms with van der Waals surface area (Å²) in [6.45, 7) is 5.64. The molecule has 0 aliphatic carbocycles. The third-order valence-corrected chi connectivity index (χ3v) is 4.93. The molecule has 2 fully saturated rings. The maximum absolute atomic E-state index is 11.8. The van der Waals surface area contributed by atoms with Crippen molar-refractivity contribution in [3.05, 3.63) is 0 Å². The Morgan fingerprint density at radius 1 is 1.25 bits per heavy atom. The van der Waals surface area contributed by atoms with E-state index in [0.717, 1.165) is 25.0 Å². The summed E-state index contributed by atoms with van der Waals surface area (Å²) in [6.07, 6.45) is 7.49. The quantitative estimate of drug-likeness (QED) is 0.779. The molecule has 0 saturated carbocycles. The van der Waals surface area contributed by atoms with E-state index in [-0.39, 0.29) is 5.91 Å². The number of carbonyl (C=O) groups is 1. The molecule has 0 spiro atoms. The molecular weight excluding hydrogens is 250 g/mol. The smallest absolute Gasteiger partial charge is 0.233 e. The largest absolute Gasteiger partial charge is 0.355 e. The fourth-order valence-electron chi connectivity index (χ4n) is 3.58. The summed E-state index contributed by atoms with van der Waals surface area (Å²) in [7, 11) is 2.27. The maximum Gasteiger partial charge on any atom is 0.233 e. The predicted octanol–water partition coefficient (Wildman–Crippen LogP) is 1.75. The molecule has 2 N–H and O–H groups in total. The lowest BCUT2D eigenvalue weighted by molar-refractivity contribution is -0.120. The third kappa shape index (κ3) is 4.45. The Hall–Kier alpha value is -0.610. The Morgan fingerprint density at radius 3 is 2.50 bits per heavy atom. The van der Waals surface area contributed by atoms with Crippen molar-refractivity contribution >= 4 is 5.91 Å². The molecule has 0 aromatic carbocycles. The molecule has 4 nitrogen and oxygen atoms in total. The lowest BCUT2D eigenvalue weighted by Crippen LogP contribution is -2.55. The van der Waals surface area contributed by atoms with E-state index in [1.54, 1.807) is 0 Å². The van der Waals surface area contributed by atoms with Crippen LogP contribution in [0.4, 0.5) is 0 Å². The van der Waals surface area contributed by atoms with Crippen LogP contribution in [-0.2, 0) is 4.79 Å². The van der Waals surface area contributed by atoms with Gasteiger partial charge in [-0.15, -0.1) is 0 Å². The minimum atomic E-state index is 0.148. The van der Waals surface area contributed by atoms with Gasteiger partial charge >= 0.3 is 0 Å². The average Bonchev–Trinajstić information content (AvgIpc) is 2.36. The van der Waals surface area contributed by atoms with E-state index >= 15 is 0 Å². The van der Waals surface area contributed by atoms with E-state index in [4.69, 9.17) is 0 Å². The van der Waals surface area contributed by atoms with Crippen molar-refractivity contribution in [1.29, 1.82) is 0 Å². The van der Waals surface area contributed by atoms with Crippen LogP contribution in [0.3, 0.4) is 0 Å². The van der Waals surface area contributed by atoms with Gasteiger partial charge in [0, 0.05) is 24.7 Å². The van der Waals surface area contributed by atoms with Crippen LogP contribution in [0, 0.1) is 5.92 Å². The standard InChI is InChI=1S/C16H31N3O/c1-12(2)7-8-17-16(20)11-18-13-9-14-5-4-6-15(10-13)19(14)3/h12-15,18H,4-11H2,1-3H3,(H,17,20). The molecule has 0 aromatic rings. The van der Waals surface area contributed by atoms with Crippen LogP contribution in [0.2, 0.25) is 0 Å². The summed E-state index contributed by atoms with van der Waals surface area (Å²) >= 11 is 0. The second-order valence-electron chi connectivity index (χ2n) is 6.99. The van der Waals surface area contributed by atoms with Crippen LogP contribution in [0.25, 0.3) is 0 Å². The van der Waals surface area contributed by atoms with Crippen molar-refractivity contribution in [1.82, 2.24) is 15.5 Å². The van der Waals surface area contributed by atoms with E-state index in [0.29, 0.717) is 18.5 Å². The summed E-state index contributed by atoms with van der Waals surface area (Å²) in [4.78, 5) is 14.4. The number of nitrogens with zero attached hydrogens (tertiary/aromatic N) is 1. The molecule has 116 valence electrons.